The maximum atomic E-state index is 13.6. The van der Waals surface area contributed by atoms with Crippen molar-refractivity contribution in [2.75, 3.05) is 38.1 Å². The number of pyridine rings is 1. The van der Waals surface area contributed by atoms with Crippen molar-refractivity contribution in [2.45, 2.75) is 44.9 Å². The summed E-state index contributed by atoms with van der Waals surface area (Å²) in [6.07, 6.45) is 10.4. The Balaban J connectivity index is 1.12. The van der Waals surface area contributed by atoms with Gasteiger partial charge in [0.1, 0.15) is 39.7 Å². The number of carbonyl (C=O) groups is 1. The van der Waals surface area contributed by atoms with E-state index >= 15 is 0 Å². The van der Waals surface area contributed by atoms with E-state index in [-0.39, 0.29) is 17.8 Å². The Morgan fingerprint density at radius 2 is 1.65 bits per heavy atom. The lowest BCUT2D eigenvalue weighted by Gasteiger charge is -2.34. The monoisotopic (exact) mass is 635 g/mol. The Labute approximate surface area is 270 Å². The number of hydrogen-bond acceptors (Lipinski definition) is 8. The minimum Gasteiger partial charge on any atom is -0.325 e. The first-order chi connectivity index (χ1) is 22.4. The standard InChI is InChI=1S/C34H34FN9OS/c1-3-27-32(41(2)33-40-30(28(18-36)46-33)22-6-9-26(35)10-7-22)44-21-24(8-11-29(44)39-27)25-19-37-31(38-20-25)23-12-16-43(17-13-23)34(45)42-14-4-5-15-42/h6-11,19-21,23H,3-5,12-17H2,1-2H3. The Kier molecular flexibility index (Phi) is 8.09. The zero-order chi connectivity index (χ0) is 31.8. The number of aryl methyl sites for hydroxylation is 1. The largest absolute Gasteiger partial charge is 0.325 e. The van der Waals surface area contributed by atoms with E-state index in [9.17, 15) is 14.4 Å². The van der Waals surface area contributed by atoms with Crippen molar-refractivity contribution in [3.05, 3.63) is 77.2 Å². The Morgan fingerprint density at radius 1 is 0.978 bits per heavy atom. The molecule has 2 amide bonds. The SMILES string of the molecule is CCc1nc2ccc(-c3cnc(C4CCN(C(=O)N5CCCC5)CC4)nc3)cn2c1N(C)c1nc(-c2ccc(F)cc2)c(C#N)s1. The summed E-state index contributed by atoms with van der Waals surface area (Å²) in [5, 5.41) is 10.5. The van der Waals surface area contributed by atoms with Gasteiger partial charge < -0.3 is 14.7 Å². The van der Waals surface area contributed by atoms with E-state index in [1.807, 2.05) is 56.9 Å². The highest BCUT2D eigenvalue weighted by atomic mass is 32.1. The van der Waals surface area contributed by atoms with Gasteiger partial charge in [-0.15, -0.1) is 0 Å². The summed E-state index contributed by atoms with van der Waals surface area (Å²) in [7, 11) is 1.92. The lowest BCUT2D eigenvalue weighted by atomic mass is 9.96. The van der Waals surface area contributed by atoms with Gasteiger partial charge in [-0.25, -0.2) is 29.1 Å². The van der Waals surface area contributed by atoms with Gasteiger partial charge >= 0.3 is 6.03 Å². The predicted octanol–water partition coefficient (Wildman–Crippen LogP) is 6.65. The normalized spacial score (nSPS) is 15.4. The molecule has 0 saturated carbocycles. The summed E-state index contributed by atoms with van der Waals surface area (Å²) in [5.41, 5.74) is 4.76. The number of aromatic nitrogens is 5. The lowest BCUT2D eigenvalue weighted by Crippen LogP contribution is -2.45. The molecule has 0 N–H and O–H groups in total. The zero-order valence-electron chi connectivity index (χ0n) is 25.9. The Hall–Kier alpha value is -4.89. The number of nitrogens with zero attached hydrogens (tertiary/aromatic N) is 9. The average Bonchev–Trinajstić information content (AvgIpc) is 3.87. The summed E-state index contributed by atoms with van der Waals surface area (Å²) in [6, 6.07) is 12.5. The number of anilines is 2. The van der Waals surface area contributed by atoms with Crippen molar-refractivity contribution in [3.63, 3.8) is 0 Å². The van der Waals surface area contributed by atoms with Gasteiger partial charge in [-0.05, 0) is 68.5 Å². The number of fused-ring (bicyclic) bond motifs is 1. The average molecular weight is 636 g/mol. The van der Waals surface area contributed by atoms with Gasteiger partial charge in [0.2, 0.25) is 0 Å². The van der Waals surface area contributed by atoms with Crippen molar-refractivity contribution in [1.82, 2.24) is 34.1 Å². The molecule has 4 aromatic heterocycles. The highest BCUT2D eigenvalue weighted by Crippen LogP contribution is 2.37. The Bertz CT molecular complexity index is 1920. The number of rotatable bonds is 6. The van der Waals surface area contributed by atoms with E-state index in [1.54, 1.807) is 12.1 Å². The van der Waals surface area contributed by atoms with Crippen LogP contribution in [0.4, 0.5) is 20.1 Å². The maximum absolute atomic E-state index is 13.6. The third-order valence-corrected chi connectivity index (χ3v) is 9.99. The molecule has 0 bridgehead atoms. The molecule has 0 aliphatic carbocycles. The summed E-state index contributed by atoms with van der Waals surface area (Å²) in [5.74, 6) is 1.58. The first kappa shape index (κ1) is 29.8. The molecule has 2 fully saturated rings. The summed E-state index contributed by atoms with van der Waals surface area (Å²) in [4.78, 5) is 38.4. The lowest BCUT2D eigenvalue weighted by molar-refractivity contribution is 0.148. The van der Waals surface area contributed by atoms with Crippen molar-refractivity contribution < 1.29 is 9.18 Å². The van der Waals surface area contributed by atoms with Crippen molar-refractivity contribution >= 4 is 34.0 Å². The molecule has 46 heavy (non-hydrogen) atoms. The van der Waals surface area contributed by atoms with E-state index in [1.165, 1.54) is 23.5 Å². The second kappa shape index (κ2) is 12.5. The number of benzene rings is 1. The first-order valence-corrected chi connectivity index (χ1v) is 16.5. The fourth-order valence-corrected chi connectivity index (χ4v) is 7.25. The molecule has 0 spiro atoms. The molecule has 0 unspecified atom stereocenters. The number of carbonyl (C=O) groups excluding carboxylic acids is 1. The first-order valence-electron chi connectivity index (χ1n) is 15.7. The van der Waals surface area contributed by atoms with Crippen molar-refractivity contribution in [2.24, 2.45) is 0 Å². The minimum absolute atomic E-state index is 0.173. The number of likely N-dealkylation sites (tertiary alicyclic amines) is 2. The smallest absolute Gasteiger partial charge is 0.319 e. The topological polar surface area (TPSA) is 107 Å². The van der Waals surface area contributed by atoms with Crippen LogP contribution >= 0.6 is 11.3 Å². The predicted molar refractivity (Wildman–Crippen MR) is 176 cm³/mol. The zero-order valence-corrected chi connectivity index (χ0v) is 26.7. The Morgan fingerprint density at radius 3 is 2.33 bits per heavy atom. The number of nitriles is 1. The van der Waals surface area contributed by atoms with Crippen molar-refractivity contribution in [1.29, 1.82) is 5.26 Å². The fraction of sp³-hybridized carbons (Fsp3) is 0.353. The number of thiazole rings is 1. The number of halogens is 1. The highest BCUT2D eigenvalue weighted by molar-refractivity contribution is 7.16. The number of hydrogen-bond donors (Lipinski definition) is 0. The number of amides is 2. The van der Waals surface area contributed by atoms with Gasteiger partial charge in [0.25, 0.3) is 0 Å². The van der Waals surface area contributed by atoms with Crippen LogP contribution in [-0.4, -0.2) is 73.4 Å². The molecular formula is C34H34FN9OS. The molecule has 1 aromatic carbocycles. The van der Waals surface area contributed by atoms with E-state index in [2.05, 4.69) is 13.0 Å². The van der Waals surface area contributed by atoms with Crippen molar-refractivity contribution in [3.8, 4) is 28.5 Å². The molecule has 0 radical (unpaired) electrons. The van der Waals surface area contributed by atoms with Gasteiger partial charge in [-0.1, -0.05) is 18.3 Å². The van der Waals surface area contributed by atoms with Crippen LogP contribution in [0.1, 0.15) is 54.9 Å². The van der Waals surface area contributed by atoms with E-state index in [0.29, 0.717) is 27.7 Å². The molecule has 5 aromatic rings. The van der Waals surface area contributed by atoms with Crippen LogP contribution < -0.4 is 4.90 Å². The second-order valence-electron chi connectivity index (χ2n) is 11.8. The van der Waals surface area contributed by atoms with E-state index < -0.39 is 0 Å². The summed E-state index contributed by atoms with van der Waals surface area (Å²) < 4.78 is 15.6. The summed E-state index contributed by atoms with van der Waals surface area (Å²) >= 11 is 1.29. The van der Waals surface area contributed by atoms with E-state index in [4.69, 9.17) is 19.9 Å². The number of urea groups is 1. The number of imidazole rings is 1. The van der Waals surface area contributed by atoms with Gasteiger partial charge in [-0.2, -0.15) is 5.26 Å². The van der Waals surface area contributed by atoms with Crippen LogP contribution in [0.25, 0.3) is 28.0 Å². The minimum atomic E-state index is -0.338. The van der Waals surface area contributed by atoms with Crippen LogP contribution in [0.15, 0.2) is 55.0 Å². The molecule has 2 aliphatic rings. The van der Waals surface area contributed by atoms with Gasteiger partial charge in [0, 0.05) is 74.4 Å². The van der Waals surface area contributed by atoms with Gasteiger partial charge in [-0.3, -0.25) is 4.40 Å². The van der Waals surface area contributed by atoms with E-state index in [0.717, 1.165) is 86.0 Å². The molecule has 12 heteroatoms. The van der Waals surface area contributed by atoms with Crippen LogP contribution in [0, 0.1) is 17.1 Å². The fourth-order valence-electron chi connectivity index (χ4n) is 6.40. The highest BCUT2D eigenvalue weighted by Gasteiger charge is 2.29. The van der Waals surface area contributed by atoms with Crippen LogP contribution in [-0.2, 0) is 6.42 Å². The molecular weight excluding hydrogens is 602 g/mol. The molecule has 0 atom stereocenters. The van der Waals surface area contributed by atoms with Gasteiger partial charge in [0.15, 0.2) is 5.13 Å². The van der Waals surface area contributed by atoms with Gasteiger partial charge in [0.05, 0.1) is 5.69 Å². The molecule has 2 aliphatic heterocycles. The molecule has 10 nitrogen and oxygen atoms in total. The third-order valence-electron chi connectivity index (χ3n) is 8.95. The molecule has 7 rings (SSSR count). The molecule has 2 saturated heterocycles. The second-order valence-corrected chi connectivity index (χ2v) is 12.8. The molecule has 234 valence electrons. The van der Waals surface area contributed by atoms with Crippen LogP contribution in [0.3, 0.4) is 0 Å². The maximum Gasteiger partial charge on any atom is 0.319 e. The van der Waals surface area contributed by atoms with Crippen LogP contribution in [0.2, 0.25) is 0 Å². The molecule has 6 heterocycles. The third kappa shape index (κ3) is 5.56. The quantitative estimate of drug-likeness (QED) is 0.206. The van der Waals surface area contributed by atoms with Crippen LogP contribution in [0.5, 0.6) is 0 Å². The summed E-state index contributed by atoms with van der Waals surface area (Å²) in [6.45, 7) is 5.28. The number of piperidine rings is 1.